The number of carboxylic acids is 1. The highest BCUT2D eigenvalue weighted by atomic mass is 16.5. The lowest BCUT2D eigenvalue weighted by Gasteiger charge is -2.24. The molecule has 0 radical (unpaired) electrons. The van der Waals surface area contributed by atoms with Crippen LogP contribution in [0.4, 0.5) is 0 Å². The summed E-state index contributed by atoms with van der Waals surface area (Å²) in [5.41, 5.74) is -0.0565. The zero-order valence-corrected chi connectivity index (χ0v) is 9.65. The predicted molar refractivity (Wildman–Crippen MR) is 59.9 cm³/mol. The number of aliphatic carboxylic acids is 1. The van der Waals surface area contributed by atoms with Gasteiger partial charge in [-0.1, -0.05) is 13.8 Å². The summed E-state index contributed by atoms with van der Waals surface area (Å²) in [5, 5.41) is 18.5. The third-order valence-corrected chi connectivity index (χ3v) is 2.53. The first-order valence-electron chi connectivity index (χ1n) is 4.96. The lowest BCUT2D eigenvalue weighted by molar-refractivity contribution is -0.138. The Bertz CT molecular complexity index is 396. The van der Waals surface area contributed by atoms with Crippen molar-refractivity contribution in [3.05, 3.63) is 23.8 Å². The number of hydrogen-bond acceptors (Lipinski definition) is 3. The van der Waals surface area contributed by atoms with Crippen LogP contribution in [0.15, 0.2) is 18.2 Å². The Morgan fingerprint density at radius 2 is 2.06 bits per heavy atom. The van der Waals surface area contributed by atoms with Gasteiger partial charge in [-0.2, -0.15) is 0 Å². The molecule has 0 aliphatic carbocycles. The maximum absolute atomic E-state index is 10.7. The molecular formula is C12H16O4. The van der Waals surface area contributed by atoms with E-state index >= 15 is 0 Å². The molecule has 0 aromatic heterocycles. The summed E-state index contributed by atoms with van der Waals surface area (Å²) in [6, 6.07) is 4.81. The smallest absolute Gasteiger partial charge is 0.304 e. The van der Waals surface area contributed by atoms with Crippen LogP contribution in [0.2, 0.25) is 0 Å². The van der Waals surface area contributed by atoms with Crippen LogP contribution in [0, 0.1) is 0 Å². The topological polar surface area (TPSA) is 66.8 Å². The van der Waals surface area contributed by atoms with Crippen molar-refractivity contribution in [1.29, 1.82) is 0 Å². The summed E-state index contributed by atoms with van der Waals surface area (Å²) in [7, 11) is 1.53. The van der Waals surface area contributed by atoms with E-state index in [4.69, 9.17) is 9.84 Å². The highest BCUT2D eigenvalue weighted by Crippen LogP contribution is 2.36. The number of carbonyl (C=O) groups is 1. The number of ether oxygens (including phenoxy) is 1. The summed E-state index contributed by atoms with van der Waals surface area (Å²) in [6.07, 6.45) is -0.0479. The van der Waals surface area contributed by atoms with Crippen LogP contribution < -0.4 is 4.74 Å². The number of phenolic OH excluding ortho intramolecular Hbond substituents is 1. The van der Waals surface area contributed by atoms with Crippen molar-refractivity contribution < 1.29 is 19.7 Å². The van der Waals surface area contributed by atoms with E-state index in [9.17, 15) is 9.90 Å². The molecule has 0 spiro atoms. The standard InChI is InChI=1S/C12H16O4/c1-12(2,7-11(14)15)9-6-8(16-3)4-5-10(9)13/h4-6,13H,7H2,1-3H3,(H,14,15). The van der Waals surface area contributed by atoms with Gasteiger partial charge in [0, 0.05) is 11.0 Å². The van der Waals surface area contributed by atoms with Gasteiger partial charge in [0.2, 0.25) is 0 Å². The molecule has 2 N–H and O–H groups in total. The zero-order chi connectivity index (χ0) is 12.3. The quantitative estimate of drug-likeness (QED) is 0.822. The molecule has 0 fully saturated rings. The van der Waals surface area contributed by atoms with Crippen LogP contribution >= 0.6 is 0 Å². The molecule has 0 unspecified atom stereocenters. The molecule has 1 aromatic carbocycles. The first kappa shape index (κ1) is 12.4. The second kappa shape index (κ2) is 4.43. The van der Waals surface area contributed by atoms with Crippen molar-refractivity contribution in [2.24, 2.45) is 0 Å². The molecule has 0 amide bonds. The second-order valence-corrected chi connectivity index (χ2v) is 4.34. The Hall–Kier alpha value is -1.71. The largest absolute Gasteiger partial charge is 0.508 e. The molecule has 1 aromatic rings. The average Bonchev–Trinajstić information content (AvgIpc) is 2.16. The molecule has 0 aliphatic heterocycles. The summed E-state index contributed by atoms with van der Waals surface area (Å²) in [4.78, 5) is 10.7. The van der Waals surface area contributed by atoms with E-state index in [0.29, 0.717) is 11.3 Å². The van der Waals surface area contributed by atoms with Gasteiger partial charge in [-0.3, -0.25) is 4.79 Å². The fourth-order valence-electron chi connectivity index (χ4n) is 1.66. The Kier molecular flexibility index (Phi) is 3.42. The van der Waals surface area contributed by atoms with Crippen molar-refractivity contribution in [1.82, 2.24) is 0 Å². The number of phenols is 1. The number of benzene rings is 1. The van der Waals surface area contributed by atoms with Crippen LogP contribution in [-0.2, 0) is 10.2 Å². The fourth-order valence-corrected chi connectivity index (χ4v) is 1.66. The predicted octanol–water partition coefficient (Wildman–Crippen LogP) is 2.15. The van der Waals surface area contributed by atoms with Gasteiger partial charge in [0.25, 0.3) is 0 Å². The number of hydrogen-bond donors (Lipinski definition) is 2. The number of aromatic hydroxyl groups is 1. The molecule has 0 saturated heterocycles. The Balaban J connectivity index is 3.14. The Labute approximate surface area is 94.5 Å². The van der Waals surface area contributed by atoms with E-state index in [1.165, 1.54) is 13.2 Å². The summed E-state index contributed by atoms with van der Waals surface area (Å²) >= 11 is 0. The molecular weight excluding hydrogens is 208 g/mol. The molecule has 0 heterocycles. The van der Waals surface area contributed by atoms with E-state index in [1.807, 2.05) is 0 Å². The van der Waals surface area contributed by atoms with E-state index < -0.39 is 11.4 Å². The molecule has 1 rings (SSSR count). The van der Waals surface area contributed by atoms with Gasteiger partial charge in [-0.25, -0.2) is 0 Å². The summed E-state index contributed by atoms with van der Waals surface area (Å²) in [5.74, 6) is -0.203. The van der Waals surface area contributed by atoms with Crippen molar-refractivity contribution in [3.8, 4) is 11.5 Å². The monoisotopic (exact) mass is 224 g/mol. The molecule has 4 heteroatoms. The molecule has 16 heavy (non-hydrogen) atoms. The first-order valence-corrected chi connectivity index (χ1v) is 4.96. The highest BCUT2D eigenvalue weighted by Gasteiger charge is 2.27. The van der Waals surface area contributed by atoms with E-state index in [2.05, 4.69) is 0 Å². The fraction of sp³-hybridized carbons (Fsp3) is 0.417. The minimum absolute atomic E-state index is 0.0479. The Morgan fingerprint density at radius 1 is 1.44 bits per heavy atom. The zero-order valence-electron chi connectivity index (χ0n) is 9.65. The molecule has 0 aliphatic rings. The third-order valence-electron chi connectivity index (χ3n) is 2.53. The SMILES string of the molecule is COc1ccc(O)c(C(C)(C)CC(=O)O)c1. The van der Waals surface area contributed by atoms with Crippen LogP contribution in [0.3, 0.4) is 0 Å². The van der Waals surface area contributed by atoms with Crippen LogP contribution in [0.1, 0.15) is 25.8 Å². The average molecular weight is 224 g/mol. The van der Waals surface area contributed by atoms with Crippen molar-refractivity contribution >= 4 is 5.97 Å². The number of rotatable bonds is 4. The second-order valence-electron chi connectivity index (χ2n) is 4.34. The van der Waals surface area contributed by atoms with Crippen molar-refractivity contribution in [2.75, 3.05) is 7.11 Å². The first-order chi connectivity index (χ1) is 7.36. The van der Waals surface area contributed by atoms with Gasteiger partial charge in [0.05, 0.1) is 13.5 Å². The molecule has 0 atom stereocenters. The summed E-state index contributed by atoms with van der Waals surface area (Å²) in [6.45, 7) is 3.55. The minimum atomic E-state index is -0.896. The molecule has 0 saturated carbocycles. The van der Waals surface area contributed by atoms with Gasteiger partial charge in [0.15, 0.2) is 0 Å². The van der Waals surface area contributed by atoms with Crippen LogP contribution in [-0.4, -0.2) is 23.3 Å². The lowest BCUT2D eigenvalue weighted by Crippen LogP contribution is -2.21. The normalized spacial score (nSPS) is 11.2. The summed E-state index contributed by atoms with van der Waals surface area (Å²) < 4.78 is 5.05. The Morgan fingerprint density at radius 3 is 2.56 bits per heavy atom. The van der Waals surface area contributed by atoms with Gasteiger partial charge in [-0.15, -0.1) is 0 Å². The van der Waals surface area contributed by atoms with Gasteiger partial charge < -0.3 is 14.9 Å². The third kappa shape index (κ3) is 2.66. The maximum atomic E-state index is 10.7. The highest BCUT2D eigenvalue weighted by molar-refractivity contribution is 5.69. The van der Waals surface area contributed by atoms with E-state index in [0.717, 1.165) is 0 Å². The molecule has 0 bridgehead atoms. The lowest BCUT2D eigenvalue weighted by atomic mass is 9.81. The van der Waals surface area contributed by atoms with Gasteiger partial charge in [-0.05, 0) is 18.2 Å². The van der Waals surface area contributed by atoms with Crippen molar-refractivity contribution in [3.63, 3.8) is 0 Å². The van der Waals surface area contributed by atoms with Crippen LogP contribution in [0.5, 0.6) is 11.5 Å². The van der Waals surface area contributed by atoms with Gasteiger partial charge >= 0.3 is 5.97 Å². The number of carboxylic acid groups (broad SMARTS) is 1. The molecule has 88 valence electrons. The van der Waals surface area contributed by atoms with Crippen molar-refractivity contribution in [2.45, 2.75) is 25.7 Å². The minimum Gasteiger partial charge on any atom is -0.508 e. The van der Waals surface area contributed by atoms with E-state index in [1.54, 1.807) is 26.0 Å². The number of methoxy groups -OCH3 is 1. The van der Waals surface area contributed by atoms with Crippen LogP contribution in [0.25, 0.3) is 0 Å². The van der Waals surface area contributed by atoms with E-state index in [-0.39, 0.29) is 12.2 Å². The van der Waals surface area contributed by atoms with Gasteiger partial charge in [0.1, 0.15) is 11.5 Å². The molecule has 4 nitrogen and oxygen atoms in total. The maximum Gasteiger partial charge on any atom is 0.304 e.